The Morgan fingerprint density at radius 3 is 2.07 bits per heavy atom. The molecule has 0 saturated heterocycles. The van der Waals surface area contributed by atoms with Crippen LogP contribution in [0.3, 0.4) is 0 Å². The van der Waals surface area contributed by atoms with E-state index >= 15 is 0 Å². The number of anilines is 3. The summed E-state index contributed by atoms with van der Waals surface area (Å²) in [6.07, 6.45) is 3.97. The van der Waals surface area contributed by atoms with Gasteiger partial charge in [0.2, 0.25) is 0 Å². The van der Waals surface area contributed by atoms with E-state index in [0.29, 0.717) is 12.5 Å². The monoisotopic (exact) mass is 893 g/mol. The lowest BCUT2D eigenvalue weighted by Crippen LogP contribution is -2.30. The van der Waals surface area contributed by atoms with Crippen LogP contribution in [0.25, 0.3) is 49.9 Å². The van der Waals surface area contributed by atoms with Crippen molar-refractivity contribution in [1.29, 1.82) is 0 Å². The van der Waals surface area contributed by atoms with Crippen LogP contribution in [0.4, 0.5) is 17.1 Å². The summed E-state index contributed by atoms with van der Waals surface area (Å²) in [6, 6.07) is 62.1. The smallest absolute Gasteiger partial charge is 0.137 e. The summed E-state index contributed by atoms with van der Waals surface area (Å²) < 4.78 is 9.03. The number of fused-ring (bicyclic) bond motifs is 4. The van der Waals surface area contributed by atoms with Gasteiger partial charge in [-0.05, 0) is 134 Å². The van der Waals surface area contributed by atoms with E-state index in [1.165, 1.54) is 66.7 Å². The summed E-state index contributed by atoms with van der Waals surface area (Å²) in [6.45, 7) is 20.4. The van der Waals surface area contributed by atoms with Gasteiger partial charge in [-0.2, -0.15) is 0 Å². The lowest BCUT2D eigenvalue weighted by atomic mass is 9.85. The van der Waals surface area contributed by atoms with Crippen LogP contribution in [-0.2, 0) is 30.3 Å². The predicted octanol–water partition coefficient (Wildman–Crippen LogP) is 16.0. The van der Waals surface area contributed by atoms with E-state index in [0.717, 1.165) is 59.9 Å². The van der Waals surface area contributed by atoms with Gasteiger partial charge in [0.15, 0.2) is 0 Å². The molecule has 0 aliphatic carbocycles. The number of nitrogens with zero attached hydrogens (tertiary/aromatic N) is 4. The topological polar surface area (TPSA) is 33.5 Å². The molecule has 9 aromatic rings. The molecular weight excluding hydrogens is 829 g/mol. The van der Waals surface area contributed by atoms with Gasteiger partial charge in [-0.1, -0.05) is 165 Å². The van der Waals surface area contributed by atoms with Crippen molar-refractivity contribution in [2.75, 3.05) is 23.0 Å². The maximum atomic E-state index is 6.72. The first-order valence-electron chi connectivity index (χ1n) is 24.4. The van der Waals surface area contributed by atoms with Crippen molar-refractivity contribution in [1.82, 2.24) is 9.55 Å². The molecule has 5 heteroatoms. The van der Waals surface area contributed by atoms with E-state index < -0.39 is 0 Å². The van der Waals surface area contributed by atoms with Crippen molar-refractivity contribution in [2.45, 2.75) is 85.7 Å². The van der Waals surface area contributed by atoms with E-state index in [-0.39, 0.29) is 10.8 Å². The Morgan fingerprint density at radius 2 is 1.31 bits per heavy atom. The van der Waals surface area contributed by atoms with E-state index in [9.17, 15) is 0 Å². The fourth-order valence-corrected chi connectivity index (χ4v) is 10.2. The molecule has 0 spiro atoms. The molecule has 2 aromatic heterocycles. The largest absolute Gasteiger partial charge is 0.489 e. The molecule has 7 aromatic carbocycles. The van der Waals surface area contributed by atoms with Crippen molar-refractivity contribution in [3.63, 3.8) is 0 Å². The molecule has 0 unspecified atom stereocenters. The molecule has 0 amide bonds. The first-order chi connectivity index (χ1) is 32.8. The second-order valence-corrected chi connectivity index (χ2v) is 21.1. The predicted molar refractivity (Wildman–Crippen MR) is 287 cm³/mol. The zero-order valence-corrected chi connectivity index (χ0v) is 41.1. The number of benzene rings is 7. The van der Waals surface area contributed by atoms with Gasteiger partial charge in [-0.3, -0.25) is 4.57 Å². The van der Waals surface area contributed by atoms with Crippen molar-refractivity contribution in [2.24, 2.45) is 5.92 Å². The highest BCUT2D eigenvalue weighted by molar-refractivity contribution is 6.16. The normalized spacial score (nSPS) is 13.0. The molecule has 342 valence electrons. The summed E-state index contributed by atoms with van der Waals surface area (Å²) in [5.41, 5.74) is 17.6. The average molecular weight is 893 g/mol. The Labute approximate surface area is 403 Å². The standard InChI is InChI=1S/C63H64N4O/c1-43(2)37-47-20-15-22-52(46-27-29-48(30-28-46)62(3,4)5)53(47)34-36-65-42-66(57-25-13-12-24-56(57)65)50-21-14-17-44(38-50)41-68-51-31-32-55-59(40-51)67(60-39-49(33-35-64-60)63(6,7)8)58-26-16-23-54(61(55)58)45-18-10-9-11-19-45/h9-33,35,38-40,43H,34,36-37,41-42H2,1-8H3. The van der Waals surface area contributed by atoms with Crippen molar-refractivity contribution in [3.8, 4) is 33.8 Å². The van der Waals surface area contributed by atoms with Crippen LogP contribution < -0.4 is 14.5 Å². The highest BCUT2D eigenvalue weighted by Gasteiger charge is 2.28. The Balaban J connectivity index is 0.926. The maximum Gasteiger partial charge on any atom is 0.137 e. The summed E-state index contributed by atoms with van der Waals surface area (Å²) >= 11 is 0. The third-order valence-corrected chi connectivity index (χ3v) is 13.7. The zero-order chi connectivity index (χ0) is 47.2. The number of rotatable bonds is 12. The third-order valence-electron chi connectivity index (χ3n) is 13.7. The van der Waals surface area contributed by atoms with Crippen LogP contribution in [0.1, 0.15) is 83.2 Å². The molecule has 68 heavy (non-hydrogen) atoms. The summed E-state index contributed by atoms with van der Waals surface area (Å²) in [5.74, 6) is 2.29. The summed E-state index contributed by atoms with van der Waals surface area (Å²) in [7, 11) is 0. The fraction of sp³-hybridized carbons (Fsp3) is 0.254. The van der Waals surface area contributed by atoms with Crippen LogP contribution >= 0.6 is 0 Å². The minimum absolute atomic E-state index is 0.0207. The minimum atomic E-state index is -0.0207. The SMILES string of the molecule is CC(C)Cc1cccc(-c2ccc(C(C)(C)C)cc2)c1CCN1CN(c2cccc(COc3ccc4c5c(-c6ccccc6)cccc5n(-c5cc(C(C)(C)C)ccn5)c4c3)c2)c2ccccc21. The van der Waals surface area contributed by atoms with Crippen LogP contribution in [0.5, 0.6) is 5.75 Å². The molecule has 0 saturated carbocycles. The summed E-state index contributed by atoms with van der Waals surface area (Å²) in [4.78, 5) is 9.98. The van der Waals surface area contributed by atoms with Gasteiger partial charge in [-0.15, -0.1) is 0 Å². The number of hydrogen-bond donors (Lipinski definition) is 0. The molecule has 0 radical (unpaired) electrons. The van der Waals surface area contributed by atoms with Crippen LogP contribution in [-0.4, -0.2) is 22.8 Å². The molecule has 1 aliphatic heterocycles. The Bertz CT molecular complexity index is 3240. The Hall–Kier alpha value is -7.11. The molecule has 5 nitrogen and oxygen atoms in total. The lowest BCUT2D eigenvalue weighted by molar-refractivity contribution is 0.306. The van der Waals surface area contributed by atoms with Gasteiger partial charge in [-0.25, -0.2) is 4.98 Å². The maximum absolute atomic E-state index is 6.72. The quantitative estimate of drug-likeness (QED) is 0.122. The first-order valence-corrected chi connectivity index (χ1v) is 24.4. The molecule has 3 heterocycles. The number of para-hydroxylation sites is 2. The number of pyridine rings is 1. The number of ether oxygens (including phenoxy) is 1. The third kappa shape index (κ3) is 8.90. The van der Waals surface area contributed by atoms with E-state index in [4.69, 9.17) is 9.72 Å². The highest BCUT2D eigenvalue weighted by atomic mass is 16.5. The zero-order valence-electron chi connectivity index (χ0n) is 41.1. The van der Waals surface area contributed by atoms with Gasteiger partial charge in [0.05, 0.1) is 29.1 Å². The van der Waals surface area contributed by atoms with Crippen LogP contribution in [0.2, 0.25) is 0 Å². The van der Waals surface area contributed by atoms with E-state index in [1.54, 1.807) is 0 Å². The first kappa shape index (κ1) is 44.7. The van der Waals surface area contributed by atoms with Gasteiger partial charge in [0.1, 0.15) is 18.2 Å². The van der Waals surface area contributed by atoms with Gasteiger partial charge in [0, 0.05) is 35.3 Å². The van der Waals surface area contributed by atoms with Gasteiger partial charge >= 0.3 is 0 Å². The molecule has 1 aliphatic rings. The van der Waals surface area contributed by atoms with E-state index in [2.05, 4.69) is 240 Å². The fourth-order valence-electron chi connectivity index (χ4n) is 10.2. The highest BCUT2D eigenvalue weighted by Crippen LogP contribution is 2.43. The molecular formula is C63H64N4O. The Kier molecular flexibility index (Phi) is 12.0. The summed E-state index contributed by atoms with van der Waals surface area (Å²) in [5, 5.41) is 2.38. The number of aromatic nitrogens is 2. The molecule has 0 fully saturated rings. The van der Waals surface area contributed by atoms with Gasteiger partial charge < -0.3 is 14.5 Å². The second kappa shape index (κ2) is 18.2. The van der Waals surface area contributed by atoms with Gasteiger partial charge in [0.25, 0.3) is 0 Å². The average Bonchev–Trinajstić information content (AvgIpc) is 3.88. The van der Waals surface area contributed by atoms with Crippen LogP contribution in [0.15, 0.2) is 176 Å². The number of hydrogen-bond acceptors (Lipinski definition) is 4. The van der Waals surface area contributed by atoms with Crippen LogP contribution in [0, 0.1) is 5.92 Å². The lowest BCUT2D eigenvalue weighted by Gasteiger charge is -2.24. The van der Waals surface area contributed by atoms with Crippen molar-refractivity contribution < 1.29 is 4.74 Å². The second-order valence-electron chi connectivity index (χ2n) is 21.1. The molecule has 0 N–H and O–H groups in total. The minimum Gasteiger partial charge on any atom is -0.489 e. The van der Waals surface area contributed by atoms with E-state index in [1.807, 2.05) is 6.20 Å². The molecule has 10 rings (SSSR count). The molecule has 0 bridgehead atoms. The van der Waals surface area contributed by atoms with Crippen molar-refractivity contribution >= 4 is 38.9 Å². The Morgan fingerprint density at radius 1 is 0.603 bits per heavy atom. The van der Waals surface area contributed by atoms with Crippen molar-refractivity contribution in [3.05, 3.63) is 204 Å². The molecule has 0 atom stereocenters.